The van der Waals surface area contributed by atoms with Crippen LogP contribution < -0.4 is 5.32 Å². The minimum Gasteiger partial charge on any atom is -0.394 e. The number of nitrogens with one attached hydrogen (secondary N) is 1. The number of unbranched alkanes of at least 4 members (excludes halogenated alkanes) is 10. The van der Waals surface area contributed by atoms with Gasteiger partial charge < -0.3 is 20.6 Å². The molecule has 5 heteroatoms. The van der Waals surface area contributed by atoms with Crippen molar-refractivity contribution in [3.63, 3.8) is 0 Å². The Hall–Kier alpha value is -1.43. The average molecular weight is 466 g/mol. The predicted octanol–water partition coefficient (Wildman–Crippen LogP) is 5.75. The van der Waals surface area contributed by atoms with Gasteiger partial charge in [-0.05, 0) is 38.5 Å². The highest BCUT2D eigenvalue weighted by Gasteiger charge is 2.22. The van der Waals surface area contributed by atoms with Gasteiger partial charge in [0.05, 0.1) is 18.8 Å². The van der Waals surface area contributed by atoms with Gasteiger partial charge in [-0.3, -0.25) is 4.79 Å². The molecule has 0 aliphatic heterocycles. The molecule has 0 aromatic heterocycles. The molecule has 1 amide bonds. The van der Waals surface area contributed by atoms with Gasteiger partial charge in [-0.25, -0.2) is 0 Å². The smallest absolute Gasteiger partial charge is 0.249 e. The summed E-state index contributed by atoms with van der Waals surface area (Å²) in [5, 5.41) is 32.5. The summed E-state index contributed by atoms with van der Waals surface area (Å²) < 4.78 is 0. The van der Waals surface area contributed by atoms with E-state index in [1.54, 1.807) is 6.08 Å². The van der Waals surface area contributed by atoms with Gasteiger partial charge in [-0.2, -0.15) is 0 Å². The molecule has 0 aromatic carbocycles. The third kappa shape index (κ3) is 19.7. The predicted molar refractivity (Wildman–Crippen MR) is 139 cm³/mol. The molecule has 5 nitrogen and oxygen atoms in total. The number of carbonyl (C=O) groups excluding carboxylic acids is 1. The van der Waals surface area contributed by atoms with E-state index < -0.39 is 24.2 Å². The third-order valence-electron chi connectivity index (χ3n) is 5.72. The van der Waals surface area contributed by atoms with Crippen LogP contribution in [0.4, 0.5) is 0 Å². The molecule has 0 bridgehead atoms. The molecule has 192 valence electrons. The number of hydrogen-bond donors (Lipinski definition) is 4. The number of allylic oxidation sites excluding steroid dienone is 5. The molecule has 0 spiro atoms. The van der Waals surface area contributed by atoms with Crippen molar-refractivity contribution in [2.75, 3.05) is 6.61 Å². The van der Waals surface area contributed by atoms with E-state index in [1.807, 2.05) is 6.08 Å². The molecule has 33 heavy (non-hydrogen) atoms. The number of hydrogen-bond acceptors (Lipinski definition) is 4. The molecular formula is C28H51NO4. The molecule has 0 saturated carbocycles. The van der Waals surface area contributed by atoms with E-state index in [9.17, 15) is 20.1 Å². The van der Waals surface area contributed by atoms with Gasteiger partial charge in [0.15, 0.2) is 0 Å². The molecule has 0 aromatic rings. The molecule has 0 fully saturated rings. The zero-order chi connectivity index (χ0) is 24.6. The number of rotatable bonds is 22. The molecule has 0 radical (unpaired) electrons. The van der Waals surface area contributed by atoms with Crippen molar-refractivity contribution in [2.45, 2.75) is 128 Å². The molecule has 3 unspecified atom stereocenters. The maximum absolute atomic E-state index is 12.2. The fourth-order valence-electron chi connectivity index (χ4n) is 3.57. The largest absolute Gasteiger partial charge is 0.394 e. The van der Waals surface area contributed by atoms with Crippen LogP contribution in [0.5, 0.6) is 0 Å². The van der Waals surface area contributed by atoms with Gasteiger partial charge >= 0.3 is 0 Å². The highest BCUT2D eigenvalue weighted by Crippen LogP contribution is 2.12. The summed E-state index contributed by atoms with van der Waals surface area (Å²) in [6.07, 6.45) is 25.9. The van der Waals surface area contributed by atoms with E-state index in [0.29, 0.717) is 6.42 Å². The van der Waals surface area contributed by atoms with Gasteiger partial charge in [0.25, 0.3) is 0 Å². The first kappa shape index (κ1) is 31.6. The lowest BCUT2D eigenvalue weighted by Gasteiger charge is -2.21. The van der Waals surface area contributed by atoms with Crippen LogP contribution in [0, 0.1) is 0 Å². The molecule has 0 aliphatic carbocycles. The molecule has 0 heterocycles. The van der Waals surface area contributed by atoms with Gasteiger partial charge in [-0.1, -0.05) is 108 Å². The first-order valence-electron chi connectivity index (χ1n) is 13.3. The Bertz CT molecular complexity index is 530. The maximum Gasteiger partial charge on any atom is 0.249 e. The maximum atomic E-state index is 12.2. The summed E-state index contributed by atoms with van der Waals surface area (Å²) in [4.78, 5) is 12.2. The standard InChI is InChI=1S/C28H51NO4/c1-3-5-7-9-11-13-15-16-18-20-22-26(31)25(24-30)29-28(33)27(32)23-21-19-17-14-12-10-8-6-4-2/h5,7,13,15,20,22,25-27,30-32H,3-4,6,8-12,14,16-19,21,23-24H2,1-2H3,(H,29,33)/b7-5+,15-13+,22-20+. The quantitative estimate of drug-likeness (QED) is 0.121. The van der Waals surface area contributed by atoms with Crippen LogP contribution in [-0.2, 0) is 4.79 Å². The molecule has 0 saturated heterocycles. The summed E-state index contributed by atoms with van der Waals surface area (Å²) in [5.74, 6) is -0.527. The fraction of sp³-hybridized carbons (Fsp3) is 0.750. The van der Waals surface area contributed by atoms with Gasteiger partial charge in [-0.15, -0.1) is 0 Å². The lowest BCUT2D eigenvalue weighted by molar-refractivity contribution is -0.131. The van der Waals surface area contributed by atoms with Gasteiger partial charge in [0.2, 0.25) is 5.91 Å². The van der Waals surface area contributed by atoms with Crippen LogP contribution in [-0.4, -0.2) is 46.1 Å². The summed E-state index contributed by atoms with van der Waals surface area (Å²) in [6.45, 7) is 3.96. The van der Waals surface area contributed by atoms with Crippen molar-refractivity contribution in [2.24, 2.45) is 0 Å². The lowest BCUT2D eigenvalue weighted by Crippen LogP contribution is -2.48. The highest BCUT2D eigenvalue weighted by molar-refractivity contribution is 5.80. The van der Waals surface area contributed by atoms with Crippen molar-refractivity contribution in [3.05, 3.63) is 36.5 Å². The third-order valence-corrected chi connectivity index (χ3v) is 5.72. The second-order valence-corrected chi connectivity index (χ2v) is 8.86. The SMILES string of the molecule is CC/C=C/CC/C=C/CC/C=C/C(O)C(CO)NC(=O)C(O)CCCCCCCCCCC. The molecular weight excluding hydrogens is 414 g/mol. The lowest BCUT2D eigenvalue weighted by atomic mass is 10.0. The second-order valence-electron chi connectivity index (χ2n) is 8.86. The van der Waals surface area contributed by atoms with E-state index in [1.165, 1.54) is 38.5 Å². The average Bonchev–Trinajstić information content (AvgIpc) is 2.82. The number of amides is 1. The Labute approximate surface area is 203 Å². The number of carbonyl (C=O) groups is 1. The molecule has 0 rings (SSSR count). The van der Waals surface area contributed by atoms with Crippen molar-refractivity contribution < 1.29 is 20.1 Å². The van der Waals surface area contributed by atoms with Crippen molar-refractivity contribution >= 4 is 5.91 Å². The van der Waals surface area contributed by atoms with E-state index in [4.69, 9.17) is 0 Å². The minimum absolute atomic E-state index is 0.382. The van der Waals surface area contributed by atoms with Crippen LogP contribution in [0.3, 0.4) is 0 Å². The second kappa shape index (κ2) is 23.7. The summed E-state index contributed by atoms with van der Waals surface area (Å²) >= 11 is 0. The fourth-order valence-corrected chi connectivity index (χ4v) is 3.57. The van der Waals surface area contributed by atoms with E-state index in [-0.39, 0.29) is 6.61 Å². The van der Waals surface area contributed by atoms with E-state index in [0.717, 1.165) is 51.4 Å². The first-order valence-corrected chi connectivity index (χ1v) is 13.3. The molecule has 4 N–H and O–H groups in total. The Balaban J connectivity index is 3.99. The number of aliphatic hydroxyl groups is 3. The Morgan fingerprint density at radius 2 is 1.27 bits per heavy atom. The highest BCUT2D eigenvalue weighted by atomic mass is 16.3. The Morgan fingerprint density at radius 1 is 0.758 bits per heavy atom. The normalized spacial score (nSPS) is 14.9. The molecule has 3 atom stereocenters. The van der Waals surface area contributed by atoms with E-state index in [2.05, 4.69) is 43.5 Å². The zero-order valence-corrected chi connectivity index (χ0v) is 21.3. The summed E-state index contributed by atoms with van der Waals surface area (Å²) in [7, 11) is 0. The van der Waals surface area contributed by atoms with Crippen molar-refractivity contribution in [1.82, 2.24) is 5.32 Å². The van der Waals surface area contributed by atoms with Crippen LogP contribution in [0.2, 0.25) is 0 Å². The monoisotopic (exact) mass is 465 g/mol. The Kier molecular flexibility index (Phi) is 22.7. The molecule has 0 aliphatic rings. The van der Waals surface area contributed by atoms with Crippen molar-refractivity contribution in [1.29, 1.82) is 0 Å². The zero-order valence-electron chi connectivity index (χ0n) is 21.3. The van der Waals surface area contributed by atoms with E-state index >= 15 is 0 Å². The van der Waals surface area contributed by atoms with Crippen molar-refractivity contribution in [3.8, 4) is 0 Å². The topological polar surface area (TPSA) is 89.8 Å². The van der Waals surface area contributed by atoms with Gasteiger partial charge in [0, 0.05) is 0 Å². The van der Waals surface area contributed by atoms with Crippen LogP contribution in [0.25, 0.3) is 0 Å². The minimum atomic E-state index is -1.10. The van der Waals surface area contributed by atoms with Gasteiger partial charge in [0.1, 0.15) is 6.10 Å². The van der Waals surface area contributed by atoms with Crippen LogP contribution in [0.1, 0.15) is 110 Å². The van der Waals surface area contributed by atoms with Crippen LogP contribution >= 0.6 is 0 Å². The summed E-state index contributed by atoms with van der Waals surface area (Å²) in [6, 6.07) is -0.813. The Morgan fingerprint density at radius 3 is 1.82 bits per heavy atom. The summed E-state index contributed by atoms with van der Waals surface area (Å²) in [5.41, 5.74) is 0. The number of aliphatic hydroxyl groups excluding tert-OH is 3. The van der Waals surface area contributed by atoms with Crippen LogP contribution in [0.15, 0.2) is 36.5 Å². The first-order chi connectivity index (χ1) is 16.1.